The van der Waals surface area contributed by atoms with E-state index in [-0.39, 0.29) is 47.3 Å². The minimum absolute atomic E-state index is 0.0474. The Bertz CT molecular complexity index is 1180. The SMILES string of the molecule is CCOC(=O)CC(c1ccc(O)cc1)c1c(O)cc(O)c(-c2cc(OC)cc(=O)o2)c1C. The Labute approximate surface area is 184 Å². The number of benzene rings is 2. The number of methoxy groups -OCH3 is 1. The zero-order chi connectivity index (χ0) is 23.4. The molecular weight excluding hydrogens is 416 g/mol. The van der Waals surface area contributed by atoms with Gasteiger partial charge < -0.3 is 29.2 Å². The standard InChI is InChI=1S/C24H24O8/c1-4-31-21(28)11-17(14-5-7-15(25)8-6-14)23-13(2)24(19(27)12-18(23)26)20-9-16(30-3)10-22(29)32-20/h5-10,12,17,25-27H,4,11H2,1-3H3. The zero-order valence-electron chi connectivity index (χ0n) is 17.9. The maximum atomic E-state index is 12.4. The number of rotatable bonds is 7. The molecule has 3 aromatic rings. The first-order valence-electron chi connectivity index (χ1n) is 9.94. The normalized spacial score (nSPS) is 11.7. The van der Waals surface area contributed by atoms with Crippen molar-refractivity contribution in [2.45, 2.75) is 26.2 Å². The smallest absolute Gasteiger partial charge is 0.339 e. The second-order valence-electron chi connectivity index (χ2n) is 7.16. The van der Waals surface area contributed by atoms with Gasteiger partial charge in [-0.15, -0.1) is 0 Å². The Balaban J connectivity index is 2.24. The lowest BCUT2D eigenvalue weighted by atomic mass is 9.83. The third-order valence-electron chi connectivity index (χ3n) is 5.13. The van der Waals surface area contributed by atoms with Crippen molar-refractivity contribution in [1.82, 2.24) is 0 Å². The molecule has 0 aliphatic heterocycles. The van der Waals surface area contributed by atoms with Crippen molar-refractivity contribution in [2.75, 3.05) is 13.7 Å². The topological polar surface area (TPSA) is 126 Å². The Morgan fingerprint density at radius 3 is 2.38 bits per heavy atom. The fourth-order valence-electron chi connectivity index (χ4n) is 3.72. The van der Waals surface area contributed by atoms with Gasteiger partial charge in [-0.3, -0.25) is 4.79 Å². The molecule has 0 amide bonds. The van der Waals surface area contributed by atoms with Gasteiger partial charge in [-0.1, -0.05) is 12.1 Å². The molecule has 0 radical (unpaired) electrons. The van der Waals surface area contributed by atoms with Crippen molar-refractivity contribution >= 4 is 5.97 Å². The summed E-state index contributed by atoms with van der Waals surface area (Å²) in [6.07, 6.45) is -0.0979. The minimum atomic E-state index is -0.672. The molecule has 2 aromatic carbocycles. The van der Waals surface area contributed by atoms with Gasteiger partial charge in [-0.2, -0.15) is 0 Å². The number of carbonyl (C=O) groups is 1. The van der Waals surface area contributed by atoms with Crippen LogP contribution in [-0.2, 0) is 9.53 Å². The molecule has 32 heavy (non-hydrogen) atoms. The van der Waals surface area contributed by atoms with Crippen molar-refractivity contribution in [2.24, 2.45) is 0 Å². The van der Waals surface area contributed by atoms with Gasteiger partial charge in [0.1, 0.15) is 28.8 Å². The molecule has 1 heterocycles. The van der Waals surface area contributed by atoms with E-state index in [1.165, 1.54) is 25.3 Å². The molecule has 0 fully saturated rings. The van der Waals surface area contributed by atoms with Crippen molar-refractivity contribution in [3.05, 3.63) is 69.6 Å². The molecule has 1 aromatic heterocycles. The number of esters is 1. The number of carbonyl (C=O) groups excluding carboxylic acids is 1. The van der Waals surface area contributed by atoms with Gasteiger partial charge in [0.25, 0.3) is 0 Å². The number of ether oxygens (including phenoxy) is 2. The highest BCUT2D eigenvalue weighted by atomic mass is 16.5. The first kappa shape index (κ1) is 22.7. The number of hydrogen-bond donors (Lipinski definition) is 3. The highest BCUT2D eigenvalue weighted by molar-refractivity contribution is 5.77. The zero-order valence-corrected chi connectivity index (χ0v) is 17.9. The van der Waals surface area contributed by atoms with Gasteiger partial charge in [0, 0.05) is 23.6 Å². The Morgan fingerprint density at radius 2 is 1.75 bits per heavy atom. The second-order valence-corrected chi connectivity index (χ2v) is 7.16. The van der Waals surface area contributed by atoms with Crippen LogP contribution in [-0.4, -0.2) is 35.0 Å². The van der Waals surface area contributed by atoms with E-state index in [2.05, 4.69) is 0 Å². The lowest BCUT2D eigenvalue weighted by Gasteiger charge is -2.23. The summed E-state index contributed by atoms with van der Waals surface area (Å²) in [5, 5.41) is 31.0. The number of hydrogen-bond acceptors (Lipinski definition) is 8. The van der Waals surface area contributed by atoms with E-state index in [0.717, 1.165) is 12.1 Å². The molecular formula is C24H24O8. The minimum Gasteiger partial charge on any atom is -0.508 e. The number of phenolic OH excluding ortho intramolecular Hbond substituents is 3. The van der Waals surface area contributed by atoms with E-state index in [1.54, 1.807) is 26.0 Å². The van der Waals surface area contributed by atoms with Crippen molar-refractivity contribution in [3.8, 4) is 34.3 Å². The molecule has 8 nitrogen and oxygen atoms in total. The Morgan fingerprint density at radius 1 is 1.06 bits per heavy atom. The summed E-state index contributed by atoms with van der Waals surface area (Å²) < 4.78 is 15.5. The summed E-state index contributed by atoms with van der Waals surface area (Å²) in [6.45, 7) is 3.53. The van der Waals surface area contributed by atoms with Gasteiger partial charge in [-0.25, -0.2) is 4.79 Å². The van der Waals surface area contributed by atoms with Crippen LogP contribution in [0, 0.1) is 6.92 Å². The molecule has 3 N–H and O–H groups in total. The molecule has 8 heteroatoms. The first-order chi connectivity index (χ1) is 15.2. The van der Waals surface area contributed by atoms with E-state index < -0.39 is 17.5 Å². The number of phenols is 3. The molecule has 0 saturated carbocycles. The summed E-state index contributed by atoms with van der Waals surface area (Å²) >= 11 is 0. The van der Waals surface area contributed by atoms with Crippen LogP contribution in [0.15, 0.2) is 51.7 Å². The highest BCUT2D eigenvalue weighted by Crippen LogP contribution is 2.45. The molecule has 0 saturated heterocycles. The summed E-state index contributed by atoms with van der Waals surface area (Å²) in [5.74, 6) is -1.35. The predicted octanol–water partition coefficient (Wildman–Crippen LogP) is 3.83. The van der Waals surface area contributed by atoms with Crippen LogP contribution in [0.2, 0.25) is 0 Å². The lowest BCUT2D eigenvalue weighted by molar-refractivity contribution is -0.143. The number of aromatic hydroxyl groups is 3. The van der Waals surface area contributed by atoms with Crippen molar-refractivity contribution in [1.29, 1.82) is 0 Å². The molecule has 1 atom stereocenters. The van der Waals surface area contributed by atoms with Crippen molar-refractivity contribution in [3.63, 3.8) is 0 Å². The van der Waals surface area contributed by atoms with E-state index >= 15 is 0 Å². The summed E-state index contributed by atoms with van der Waals surface area (Å²) in [5.41, 5.74) is 0.900. The summed E-state index contributed by atoms with van der Waals surface area (Å²) in [7, 11) is 1.40. The van der Waals surface area contributed by atoms with Crippen LogP contribution in [0.5, 0.6) is 23.0 Å². The molecule has 168 valence electrons. The molecule has 3 rings (SSSR count). The first-order valence-corrected chi connectivity index (χ1v) is 9.94. The molecule has 1 unspecified atom stereocenters. The van der Waals surface area contributed by atoms with E-state index in [1.807, 2.05) is 0 Å². The van der Waals surface area contributed by atoms with Crippen LogP contribution in [0.25, 0.3) is 11.3 Å². The lowest BCUT2D eigenvalue weighted by Crippen LogP contribution is -2.13. The fourth-order valence-corrected chi connectivity index (χ4v) is 3.72. The van der Waals surface area contributed by atoms with Gasteiger partial charge in [0.05, 0.1) is 31.8 Å². The average Bonchev–Trinajstić information content (AvgIpc) is 2.73. The van der Waals surface area contributed by atoms with E-state index in [0.29, 0.717) is 16.7 Å². The maximum absolute atomic E-state index is 12.4. The van der Waals surface area contributed by atoms with Crippen LogP contribution in [0.3, 0.4) is 0 Å². The average molecular weight is 440 g/mol. The quantitative estimate of drug-likeness (QED) is 0.473. The van der Waals surface area contributed by atoms with Crippen LogP contribution >= 0.6 is 0 Å². The van der Waals surface area contributed by atoms with Crippen LogP contribution in [0.1, 0.15) is 36.0 Å². The maximum Gasteiger partial charge on any atom is 0.339 e. The third kappa shape index (κ3) is 4.69. The third-order valence-corrected chi connectivity index (χ3v) is 5.13. The van der Waals surface area contributed by atoms with Gasteiger partial charge in [0.15, 0.2) is 0 Å². The second kappa shape index (κ2) is 9.47. The van der Waals surface area contributed by atoms with E-state index in [9.17, 15) is 24.9 Å². The molecule has 0 spiro atoms. The van der Waals surface area contributed by atoms with Crippen molar-refractivity contribution < 1.29 is 34.0 Å². The largest absolute Gasteiger partial charge is 0.508 e. The molecule has 0 bridgehead atoms. The van der Waals surface area contributed by atoms with Gasteiger partial charge in [0.2, 0.25) is 0 Å². The van der Waals surface area contributed by atoms with Crippen LogP contribution < -0.4 is 10.4 Å². The molecule has 0 aliphatic carbocycles. The monoisotopic (exact) mass is 440 g/mol. The summed E-state index contributed by atoms with van der Waals surface area (Å²) in [4.78, 5) is 24.3. The fraction of sp³-hybridized carbons (Fsp3) is 0.250. The van der Waals surface area contributed by atoms with Gasteiger partial charge >= 0.3 is 11.6 Å². The predicted molar refractivity (Wildman–Crippen MR) is 116 cm³/mol. The Hall–Kier alpha value is -3.94. The summed E-state index contributed by atoms with van der Waals surface area (Å²) in [6, 6.07) is 9.97. The highest BCUT2D eigenvalue weighted by Gasteiger charge is 2.28. The van der Waals surface area contributed by atoms with Gasteiger partial charge in [-0.05, 0) is 37.1 Å². The van der Waals surface area contributed by atoms with E-state index in [4.69, 9.17) is 13.9 Å². The van der Waals surface area contributed by atoms with Crippen LogP contribution in [0.4, 0.5) is 0 Å². The Kier molecular flexibility index (Phi) is 6.73. The molecule has 0 aliphatic rings.